The average Bonchev–Trinajstić information content (AvgIpc) is 2.17. The second kappa shape index (κ2) is 5.30. The van der Waals surface area contributed by atoms with Crippen molar-refractivity contribution in [2.75, 3.05) is 0 Å². The molecule has 17 heavy (non-hydrogen) atoms. The Balaban J connectivity index is 2.50. The predicted molar refractivity (Wildman–Crippen MR) is 67.1 cm³/mol. The van der Waals surface area contributed by atoms with Crippen LogP contribution in [0.1, 0.15) is 38.3 Å². The van der Waals surface area contributed by atoms with Gasteiger partial charge in [0.2, 0.25) is 5.91 Å². The smallest absolute Gasteiger partial charge is 0.220 e. The molecule has 0 spiro atoms. The zero-order valence-corrected chi connectivity index (χ0v) is 10.9. The van der Waals surface area contributed by atoms with Gasteiger partial charge >= 0.3 is 0 Å². The van der Waals surface area contributed by atoms with Gasteiger partial charge in [0.15, 0.2) is 0 Å². The highest BCUT2D eigenvalue weighted by atomic mass is 19.1. The third-order valence-electron chi connectivity index (χ3n) is 2.40. The van der Waals surface area contributed by atoms with Gasteiger partial charge in [0.1, 0.15) is 5.82 Å². The van der Waals surface area contributed by atoms with E-state index in [0.717, 1.165) is 5.56 Å². The number of benzene rings is 1. The van der Waals surface area contributed by atoms with Crippen LogP contribution in [0.15, 0.2) is 18.2 Å². The van der Waals surface area contributed by atoms with Gasteiger partial charge in [-0.2, -0.15) is 0 Å². The van der Waals surface area contributed by atoms with E-state index in [1.807, 2.05) is 20.8 Å². The van der Waals surface area contributed by atoms with Gasteiger partial charge in [0.25, 0.3) is 0 Å². The number of hydrogen-bond donors (Lipinski definition) is 1. The molecule has 1 N–H and O–H groups in total. The van der Waals surface area contributed by atoms with Gasteiger partial charge in [-0.3, -0.25) is 4.79 Å². The number of aryl methyl sites for hydroxylation is 1. The number of amides is 1. The fourth-order valence-electron chi connectivity index (χ4n) is 1.56. The van der Waals surface area contributed by atoms with E-state index in [9.17, 15) is 9.18 Å². The first-order valence-corrected chi connectivity index (χ1v) is 5.80. The molecule has 1 rings (SSSR count). The third-order valence-corrected chi connectivity index (χ3v) is 2.40. The molecule has 0 heterocycles. The van der Waals surface area contributed by atoms with Crippen molar-refractivity contribution in [3.05, 3.63) is 35.1 Å². The molecule has 0 fully saturated rings. The Hall–Kier alpha value is -1.38. The number of nitrogens with one attached hydrogen (secondary N) is 1. The van der Waals surface area contributed by atoms with Gasteiger partial charge in [-0.1, -0.05) is 32.9 Å². The Morgan fingerprint density at radius 1 is 1.35 bits per heavy atom. The highest BCUT2D eigenvalue weighted by Gasteiger charge is 2.15. The molecule has 3 heteroatoms. The topological polar surface area (TPSA) is 29.1 Å². The standard InChI is InChI=1S/C14H20FNO/c1-10-7-11(5-6-12(10)15)9-16-13(17)8-14(2,3)4/h5-7H,8-9H2,1-4H3,(H,16,17). The van der Waals surface area contributed by atoms with E-state index < -0.39 is 0 Å². The van der Waals surface area contributed by atoms with Gasteiger partial charge in [0.05, 0.1) is 0 Å². The van der Waals surface area contributed by atoms with Crippen LogP contribution in [0.5, 0.6) is 0 Å². The van der Waals surface area contributed by atoms with Crippen molar-refractivity contribution in [1.29, 1.82) is 0 Å². The van der Waals surface area contributed by atoms with E-state index in [4.69, 9.17) is 0 Å². The lowest BCUT2D eigenvalue weighted by Gasteiger charge is -2.17. The number of rotatable bonds is 3. The molecule has 0 aromatic heterocycles. The summed E-state index contributed by atoms with van der Waals surface area (Å²) in [6.45, 7) is 8.24. The minimum absolute atomic E-state index is 0.0111. The zero-order chi connectivity index (χ0) is 13.1. The molecule has 0 aliphatic heterocycles. The molecule has 0 aliphatic carbocycles. The summed E-state index contributed by atoms with van der Waals surface area (Å²) in [7, 11) is 0. The van der Waals surface area contributed by atoms with Crippen LogP contribution in [0.2, 0.25) is 0 Å². The Morgan fingerprint density at radius 3 is 2.53 bits per heavy atom. The van der Waals surface area contributed by atoms with E-state index in [-0.39, 0.29) is 17.1 Å². The van der Waals surface area contributed by atoms with Crippen LogP contribution in [-0.4, -0.2) is 5.91 Å². The fourth-order valence-corrected chi connectivity index (χ4v) is 1.56. The summed E-state index contributed by atoms with van der Waals surface area (Å²) >= 11 is 0. The maximum atomic E-state index is 13.0. The minimum Gasteiger partial charge on any atom is -0.352 e. The van der Waals surface area contributed by atoms with Crippen molar-refractivity contribution in [2.24, 2.45) is 5.41 Å². The SMILES string of the molecule is Cc1cc(CNC(=O)CC(C)(C)C)ccc1F. The van der Waals surface area contributed by atoms with Crippen LogP contribution < -0.4 is 5.32 Å². The van der Waals surface area contributed by atoms with Crippen LogP contribution in [0.25, 0.3) is 0 Å². The first-order valence-electron chi connectivity index (χ1n) is 5.80. The summed E-state index contributed by atoms with van der Waals surface area (Å²) < 4.78 is 13.0. The quantitative estimate of drug-likeness (QED) is 0.859. The minimum atomic E-state index is -0.213. The summed E-state index contributed by atoms with van der Waals surface area (Å²) in [5.41, 5.74) is 1.52. The first-order chi connectivity index (χ1) is 7.78. The summed E-state index contributed by atoms with van der Waals surface area (Å²) in [6.07, 6.45) is 0.493. The summed E-state index contributed by atoms with van der Waals surface area (Å²) in [5.74, 6) is -0.186. The van der Waals surface area contributed by atoms with Gasteiger partial charge in [0, 0.05) is 13.0 Å². The Labute approximate surface area is 102 Å². The molecule has 1 amide bonds. The first kappa shape index (κ1) is 13.7. The lowest BCUT2D eigenvalue weighted by molar-refractivity contribution is -0.122. The van der Waals surface area contributed by atoms with Crippen LogP contribution in [0.3, 0.4) is 0 Å². The molecular formula is C14H20FNO. The largest absolute Gasteiger partial charge is 0.352 e. The summed E-state index contributed by atoms with van der Waals surface area (Å²) in [6, 6.07) is 4.88. The molecule has 0 unspecified atom stereocenters. The highest BCUT2D eigenvalue weighted by molar-refractivity contribution is 5.76. The number of carbonyl (C=O) groups excluding carboxylic acids is 1. The van der Waals surface area contributed by atoms with Crippen molar-refractivity contribution in [3.63, 3.8) is 0 Å². The molecular weight excluding hydrogens is 217 g/mol. The molecule has 1 aromatic rings. The fraction of sp³-hybridized carbons (Fsp3) is 0.500. The van der Waals surface area contributed by atoms with Gasteiger partial charge in [-0.15, -0.1) is 0 Å². The van der Waals surface area contributed by atoms with Crippen LogP contribution >= 0.6 is 0 Å². The van der Waals surface area contributed by atoms with E-state index in [2.05, 4.69) is 5.32 Å². The van der Waals surface area contributed by atoms with E-state index >= 15 is 0 Å². The van der Waals surface area contributed by atoms with Gasteiger partial charge < -0.3 is 5.32 Å². The van der Waals surface area contributed by atoms with Crippen LogP contribution in [0, 0.1) is 18.2 Å². The van der Waals surface area contributed by atoms with Crippen molar-refractivity contribution in [1.82, 2.24) is 5.32 Å². The lowest BCUT2D eigenvalue weighted by Crippen LogP contribution is -2.27. The van der Waals surface area contributed by atoms with E-state index in [1.165, 1.54) is 6.07 Å². The summed E-state index contributed by atoms with van der Waals surface area (Å²) in [5, 5.41) is 2.84. The summed E-state index contributed by atoms with van der Waals surface area (Å²) in [4.78, 5) is 11.6. The van der Waals surface area contributed by atoms with E-state index in [0.29, 0.717) is 18.5 Å². The van der Waals surface area contributed by atoms with Crippen molar-refractivity contribution in [2.45, 2.75) is 40.7 Å². The van der Waals surface area contributed by atoms with Crippen molar-refractivity contribution < 1.29 is 9.18 Å². The monoisotopic (exact) mass is 237 g/mol. The Bertz CT molecular complexity index is 407. The van der Waals surface area contributed by atoms with Crippen molar-refractivity contribution in [3.8, 4) is 0 Å². The van der Waals surface area contributed by atoms with Gasteiger partial charge in [-0.25, -0.2) is 4.39 Å². The molecule has 1 aromatic carbocycles. The normalized spacial score (nSPS) is 11.4. The number of hydrogen-bond acceptors (Lipinski definition) is 1. The molecule has 0 saturated carbocycles. The van der Waals surface area contributed by atoms with Crippen molar-refractivity contribution >= 4 is 5.91 Å². The second-order valence-corrected chi connectivity index (χ2v) is 5.60. The molecule has 0 bridgehead atoms. The Kier molecular flexibility index (Phi) is 4.27. The maximum absolute atomic E-state index is 13.0. The number of halogens is 1. The van der Waals surface area contributed by atoms with Crippen LogP contribution in [0.4, 0.5) is 4.39 Å². The van der Waals surface area contributed by atoms with E-state index in [1.54, 1.807) is 19.1 Å². The molecule has 0 aliphatic rings. The second-order valence-electron chi connectivity index (χ2n) is 5.60. The average molecular weight is 237 g/mol. The molecule has 94 valence electrons. The molecule has 0 radical (unpaired) electrons. The van der Waals surface area contributed by atoms with Crippen LogP contribution in [-0.2, 0) is 11.3 Å². The predicted octanol–water partition coefficient (Wildman–Crippen LogP) is 3.19. The highest BCUT2D eigenvalue weighted by Crippen LogP contribution is 2.18. The van der Waals surface area contributed by atoms with Gasteiger partial charge in [-0.05, 0) is 29.5 Å². The Morgan fingerprint density at radius 2 is 2.00 bits per heavy atom. The molecule has 0 saturated heterocycles. The number of carbonyl (C=O) groups is 1. The molecule has 0 atom stereocenters. The molecule has 2 nitrogen and oxygen atoms in total. The third kappa shape index (κ3) is 4.98. The maximum Gasteiger partial charge on any atom is 0.220 e. The lowest BCUT2D eigenvalue weighted by atomic mass is 9.92. The zero-order valence-electron chi connectivity index (χ0n) is 10.9.